The van der Waals surface area contributed by atoms with E-state index in [2.05, 4.69) is 24.3 Å². The summed E-state index contributed by atoms with van der Waals surface area (Å²) in [7, 11) is 0. The first kappa shape index (κ1) is 8.49. The molecule has 1 saturated carbocycles. The maximum Gasteiger partial charge on any atom is 0.0609 e. The Morgan fingerprint density at radius 1 is 0.929 bits per heavy atom. The van der Waals surface area contributed by atoms with E-state index in [0.717, 1.165) is 12.3 Å². The lowest BCUT2D eigenvalue weighted by Crippen LogP contribution is -2.19. The largest absolute Gasteiger partial charge is 0.392 e. The molecule has 1 aromatic carbocycles. The van der Waals surface area contributed by atoms with E-state index in [1.165, 1.54) is 30.4 Å². The molecule has 1 N–H and O–H groups in total. The normalized spacial score (nSPS) is 35.1. The molecule has 3 atom stereocenters. The van der Waals surface area contributed by atoms with E-state index >= 15 is 0 Å². The van der Waals surface area contributed by atoms with E-state index in [-0.39, 0.29) is 6.10 Å². The summed E-state index contributed by atoms with van der Waals surface area (Å²) in [6.45, 7) is 0. The van der Waals surface area contributed by atoms with Crippen molar-refractivity contribution in [1.82, 2.24) is 0 Å². The van der Waals surface area contributed by atoms with Crippen LogP contribution in [0.25, 0.3) is 0 Å². The van der Waals surface area contributed by atoms with Gasteiger partial charge in [-0.25, -0.2) is 0 Å². The third-order valence-corrected chi connectivity index (χ3v) is 3.94. The van der Waals surface area contributed by atoms with Crippen LogP contribution in [-0.4, -0.2) is 11.2 Å². The fourth-order valence-corrected chi connectivity index (χ4v) is 3.18. The van der Waals surface area contributed by atoms with Gasteiger partial charge in [-0.1, -0.05) is 24.3 Å². The van der Waals surface area contributed by atoms with Crippen LogP contribution in [0.4, 0.5) is 0 Å². The molecule has 0 saturated heterocycles. The van der Waals surface area contributed by atoms with Crippen molar-refractivity contribution in [1.29, 1.82) is 0 Å². The lowest BCUT2D eigenvalue weighted by Gasteiger charge is -2.28. The van der Waals surface area contributed by atoms with Gasteiger partial charge in [0, 0.05) is 5.92 Å². The second-order valence-electron chi connectivity index (χ2n) is 4.65. The van der Waals surface area contributed by atoms with Crippen molar-refractivity contribution in [3.05, 3.63) is 35.4 Å². The molecule has 0 radical (unpaired) electrons. The Kier molecular flexibility index (Phi) is 1.88. The molecule has 0 amide bonds. The first-order valence-corrected chi connectivity index (χ1v) is 5.63. The minimum atomic E-state index is -0.0938. The number of hydrogen-bond acceptors (Lipinski definition) is 1. The van der Waals surface area contributed by atoms with Crippen LogP contribution >= 0.6 is 0 Å². The van der Waals surface area contributed by atoms with E-state index in [1.54, 1.807) is 0 Å². The Morgan fingerprint density at radius 3 is 2.50 bits per heavy atom. The zero-order chi connectivity index (χ0) is 9.54. The monoisotopic (exact) mass is 188 g/mol. The van der Waals surface area contributed by atoms with Crippen LogP contribution in [0.1, 0.15) is 48.6 Å². The summed E-state index contributed by atoms with van der Waals surface area (Å²) in [6, 6.07) is 8.70. The number of hydrogen-bond donors (Lipinski definition) is 1. The van der Waals surface area contributed by atoms with E-state index < -0.39 is 0 Å². The van der Waals surface area contributed by atoms with Crippen molar-refractivity contribution in [3.63, 3.8) is 0 Å². The second-order valence-corrected chi connectivity index (χ2v) is 4.65. The summed E-state index contributed by atoms with van der Waals surface area (Å²) in [4.78, 5) is 0. The zero-order valence-corrected chi connectivity index (χ0v) is 8.32. The van der Waals surface area contributed by atoms with E-state index in [4.69, 9.17) is 0 Å². The maximum absolute atomic E-state index is 10.0. The summed E-state index contributed by atoms with van der Waals surface area (Å²) in [6.07, 6.45) is 4.53. The van der Waals surface area contributed by atoms with Gasteiger partial charge in [0.1, 0.15) is 0 Å². The topological polar surface area (TPSA) is 20.2 Å². The molecule has 1 aromatic rings. The summed E-state index contributed by atoms with van der Waals surface area (Å²) < 4.78 is 0. The Labute approximate surface area is 84.8 Å². The predicted octanol–water partition coefficient (Wildman–Crippen LogP) is 2.80. The zero-order valence-electron chi connectivity index (χ0n) is 8.32. The number of benzene rings is 1. The van der Waals surface area contributed by atoms with Crippen molar-refractivity contribution in [2.75, 3.05) is 0 Å². The van der Waals surface area contributed by atoms with Gasteiger partial charge in [0.25, 0.3) is 0 Å². The molecule has 0 heterocycles. The van der Waals surface area contributed by atoms with Gasteiger partial charge in [0.15, 0.2) is 0 Å². The molecule has 74 valence electrons. The van der Waals surface area contributed by atoms with Crippen molar-refractivity contribution in [3.8, 4) is 0 Å². The highest BCUT2D eigenvalue weighted by molar-refractivity contribution is 5.37. The number of rotatable bonds is 0. The summed E-state index contributed by atoms with van der Waals surface area (Å²) in [5, 5.41) is 10.0. The first-order chi connectivity index (χ1) is 6.86. The number of fused-ring (bicyclic) bond motifs is 3. The lowest BCUT2D eigenvalue weighted by atomic mass is 9.78. The van der Waals surface area contributed by atoms with Crippen LogP contribution in [-0.2, 0) is 0 Å². The molecule has 1 heteroatoms. The van der Waals surface area contributed by atoms with E-state index in [9.17, 15) is 5.11 Å². The van der Waals surface area contributed by atoms with E-state index in [1.807, 2.05) is 0 Å². The summed E-state index contributed by atoms with van der Waals surface area (Å²) >= 11 is 0. The van der Waals surface area contributed by atoms with Gasteiger partial charge in [0.2, 0.25) is 0 Å². The molecule has 3 aliphatic rings. The fraction of sp³-hybridized carbons (Fsp3) is 0.538. The van der Waals surface area contributed by atoms with E-state index in [0.29, 0.717) is 5.92 Å². The molecule has 0 aliphatic heterocycles. The minimum absolute atomic E-state index is 0.0938. The van der Waals surface area contributed by atoms with Crippen molar-refractivity contribution in [2.45, 2.75) is 43.6 Å². The molecule has 0 unspecified atom stereocenters. The number of aliphatic hydroxyl groups is 1. The van der Waals surface area contributed by atoms with Gasteiger partial charge in [-0.05, 0) is 42.7 Å². The van der Waals surface area contributed by atoms with Gasteiger partial charge in [-0.3, -0.25) is 0 Å². The average Bonchev–Trinajstić information content (AvgIpc) is 2.49. The molecule has 14 heavy (non-hydrogen) atoms. The lowest BCUT2D eigenvalue weighted by molar-refractivity contribution is 0.136. The highest BCUT2D eigenvalue weighted by Crippen LogP contribution is 2.46. The molecule has 3 aliphatic carbocycles. The smallest absolute Gasteiger partial charge is 0.0609 e. The fourth-order valence-electron chi connectivity index (χ4n) is 3.18. The Hall–Kier alpha value is -0.820. The standard InChI is InChI=1S/C13H16O/c14-13-8-6-9-5-7-12(13)11-4-2-1-3-10(9)11/h1-4,9,12-14H,5-8H2/t9-,12-,13-/m0/s1. The molecule has 4 rings (SSSR count). The van der Waals surface area contributed by atoms with Crippen molar-refractivity contribution >= 4 is 0 Å². The van der Waals surface area contributed by atoms with Crippen molar-refractivity contribution in [2.24, 2.45) is 0 Å². The summed E-state index contributed by atoms with van der Waals surface area (Å²) in [5.74, 6) is 1.14. The Morgan fingerprint density at radius 2 is 1.64 bits per heavy atom. The molecule has 0 aromatic heterocycles. The van der Waals surface area contributed by atoms with Gasteiger partial charge in [-0.2, -0.15) is 0 Å². The third-order valence-electron chi connectivity index (χ3n) is 3.94. The minimum Gasteiger partial charge on any atom is -0.392 e. The van der Waals surface area contributed by atoms with Gasteiger partial charge < -0.3 is 5.11 Å². The molecule has 1 nitrogen and oxygen atoms in total. The Balaban J connectivity index is 2.15. The van der Waals surface area contributed by atoms with Gasteiger partial charge >= 0.3 is 0 Å². The summed E-state index contributed by atoms with van der Waals surface area (Å²) in [5.41, 5.74) is 2.94. The quantitative estimate of drug-likeness (QED) is 0.663. The Bertz CT molecular complexity index is 345. The second kappa shape index (κ2) is 3.09. The molecular weight excluding hydrogens is 172 g/mol. The molecule has 0 spiro atoms. The SMILES string of the molecule is O[C@H]1CC[C@@H]2CC[C@H]1c1ccccc12. The van der Waals surface area contributed by atoms with Crippen LogP contribution < -0.4 is 0 Å². The van der Waals surface area contributed by atoms with Crippen LogP contribution in [0.2, 0.25) is 0 Å². The number of aliphatic hydroxyl groups excluding tert-OH is 1. The molecular formula is C13H16O. The molecule has 2 bridgehead atoms. The van der Waals surface area contributed by atoms with Crippen LogP contribution in [0.3, 0.4) is 0 Å². The van der Waals surface area contributed by atoms with Crippen LogP contribution in [0.15, 0.2) is 24.3 Å². The third kappa shape index (κ3) is 1.12. The van der Waals surface area contributed by atoms with Crippen LogP contribution in [0.5, 0.6) is 0 Å². The van der Waals surface area contributed by atoms with Gasteiger partial charge in [0.05, 0.1) is 6.10 Å². The average molecular weight is 188 g/mol. The predicted molar refractivity (Wildman–Crippen MR) is 56.4 cm³/mol. The van der Waals surface area contributed by atoms with Crippen molar-refractivity contribution < 1.29 is 5.11 Å². The maximum atomic E-state index is 10.0. The highest BCUT2D eigenvalue weighted by Gasteiger charge is 2.34. The van der Waals surface area contributed by atoms with Crippen LogP contribution in [0, 0.1) is 0 Å². The molecule has 1 fully saturated rings. The first-order valence-electron chi connectivity index (χ1n) is 5.63. The van der Waals surface area contributed by atoms with Gasteiger partial charge in [-0.15, -0.1) is 0 Å². The highest BCUT2D eigenvalue weighted by atomic mass is 16.3.